The summed E-state index contributed by atoms with van der Waals surface area (Å²) in [5, 5.41) is 9.11. The predicted molar refractivity (Wildman–Crippen MR) is 60.6 cm³/mol. The van der Waals surface area contributed by atoms with Gasteiger partial charge in [0.05, 0.1) is 6.07 Å². The van der Waals surface area contributed by atoms with Crippen LogP contribution in [0.2, 0.25) is 0 Å². The van der Waals surface area contributed by atoms with Crippen LogP contribution in [0.5, 0.6) is 0 Å². The fourth-order valence-corrected chi connectivity index (χ4v) is 2.04. The van der Waals surface area contributed by atoms with Gasteiger partial charge in [0, 0.05) is 13.1 Å². The summed E-state index contributed by atoms with van der Waals surface area (Å²) in [6.45, 7) is 1.59. The maximum atomic E-state index is 12.1. The van der Waals surface area contributed by atoms with Crippen molar-refractivity contribution in [2.45, 2.75) is 18.8 Å². The van der Waals surface area contributed by atoms with E-state index in [4.69, 9.17) is 5.26 Å². The van der Waals surface area contributed by atoms with Crippen LogP contribution in [0.25, 0.3) is 0 Å². The number of benzene rings is 1. The van der Waals surface area contributed by atoms with Gasteiger partial charge in [-0.25, -0.2) is 0 Å². The Labute approximate surface area is 95.3 Å². The van der Waals surface area contributed by atoms with Crippen LogP contribution >= 0.6 is 0 Å². The molecule has 1 aromatic rings. The van der Waals surface area contributed by atoms with Gasteiger partial charge < -0.3 is 4.90 Å². The van der Waals surface area contributed by atoms with Crippen LogP contribution in [-0.2, 0) is 4.79 Å². The molecule has 0 saturated carbocycles. The van der Waals surface area contributed by atoms with E-state index < -0.39 is 5.92 Å². The van der Waals surface area contributed by atoms with Gasteiger partial charge in [-0.05, 0) is 18.4 Å². The van der Waals surface area contributed by atoms with E-state index in [1.807, 2.05) is 30.3 Å². The summed E-state index contributed by atoms with van der Waals surface area (Å²) in [6, 6.07) is 11.4. The number of hydrogen-bond donors (Lipinski definition) is 0. The molecule has 1 fully saturated rings. The molecule has 1 unspecified atom stereocenters. The molecule has 0 bridgehead atoms. The second kappa shape index (κ2) is 4.80. The Morgan fingerprint density at radius 3 is 2.44 bits per heavy atom. The van der Waals surface area contributed by atoms with Gasteiger partial charge in [-0.3, -0.25) is 4.79 Å². The first kappa shape index (κ1) is 10.7. The van der Waals surface area contributed by atoms with Crippen molar-refractivity contribution in [1.29, 1.82) is 5.26 Å². The highest BCUT2D eigenvalue weighted by atomic mass is 16.2. The molecule has 2 rings (SSSR count). The Hall–Kier alpha value is -1.82. The summed E-state index contributed by atoms with van der Waals surface area (Å²) in [5.41, 5.74) is 0.793. The molecule has 1 aromatic carbocycles. The number of hydrogen-bond acceptors (Lipinski definition) is 2. The second-order valence-electron chi connectivity index (χ2n) is 4.01. The van der Waals surface area contributed by atoms with E-state index in [-0.39, 0.29) is 5.91 Å². The number of amides is 1. The minimum absolute atomic E-state index is 0.0498. The smallest absolute Gasteiger partial charge is 0.244 e. The lowest BCUT2D eigenvalue weighted by atomic mass is 9.99. The van der Waals surface area contributed by atoms with E-state index >= 15 is 0 Å². The van der Waals surface area contributed by atoms with Crippen molar-refractivity contribution in [2.75, 3.05) is 13.1 Å². The molecule has 0 aliphatic carbocycles. The Balaban J connectivity index is 2.17. The van der Waals surface area contributed by atoms with Gasteiger partial charge in [0.1, 0.15) is 5.92 Å². The van der Waals surface area contributed by atoms with Crippen molar-refractivity contribution in [3.05, 3.63) is 35.9 Å². The Bertz CT molecular complexity index is 402. The highest BCUT2D eigenvalue weighted by Gasteiger charge is 2.27. The van der Waals surface area contributed by atoms with Gasteiger partial charge in [-0.1, -0.05) is 30.3 Å². The maximum Gasteiger partial charge on any atom is 0.244 e. The van der Waals surface area contributed by atoms with Gasteiger partial charge in [-0.2, -0.15) is 5.26 Å². The number of rotatable bonds is 2. The van der Waals surface area contributed by atoms with Crippen LogP contribution in [0.15, 0.2) is 30.3 Å². The summed E-state index contributed by atoms with van der Waals surface area (Å²) in [7, 11) is 0. The maximum absolute atomic E-state index is 12.1. The molecule has 0 radical (unpaired) electrons. The van der Waals surface area contributed by atoms with Gasteiger partial charge in [0.2, 0.25) is 5.91 Å². The zero-order valence-electron chi connectivity index (χ0n) is 9.10. The van der Waals surface area contributed by atoms with Crippen molar-refractivity contribution >= 4 is 5.91 Å². The largest absolute Gasteiger partial charge is 0.341 e. The summed E-state index contributed by atoms with van der Waals surface area (Å²) in [5.74, 6) is -0.689. The van der Waals surface area contributed by atoms with Crippen LogP contribution in [-0.4, -0.2) is 23.9 Å². The molecular weight excluding hydrogens is 200 g/mol. The molecular formula is C13H14N2O. The zero-order valence-corrected chi connectivity index (χ0v) is 9.10. The van der Waals surface area contributed by atoms with Crippen LogP contribution in [0.4, 0.5) is 0 Å². The Kier molecular flexibility index (Phi) is 3.21. The van der Waals surface area contributed by atoms with Gasteiger partial charge in [0.25, 0.3) is 0 Å². The lowest BCUT2D eigenvalue weighted by Crippen LogP contribution is -2.32. The number of likely N-dealkylation sites (tertiary alicyclic amines) is 1. The monoisotopic (exact) mass is 214 g/mol. The van der Waals surface area contributed by atoms with E-state index in [0.29, 0.717) is 0 Å². The molecule has 1 heterocycles. The molecule has 1 aliphatic rings. The van der Waals surface area contributed by atoms with Gasteiger partial charge in [0.15, 0.2) is 0 Å². The Morgan fingerprint density at radius 2 is 1.88 bits per heavy atom. The number of carbonyl (C=O) groups excluding carboxylic acids is 1. The van der Waals surface area contributed by atoms with E-state index in [1.54, 1.807) is 4.90 Å². The van der Waals surface area contributed by atoms with Crippen LogP contribution in [0.1, 0.15) is 24.3 Å². The van der Waals surface area contributed by atoms with Crippen molar-refractivity contribution in [3.63, 3.8) is 0 Å². The SMILES string of the molecule is N#CC(C(=O)N1CCCC1)c1ccccc1. The van der Waals surface area contributed by atoms with Crippen LogP contribution in [0, 0.1) is 11.3 Å². The quantitative estimate of drug-likeness (QED) is 0.754. The van der Waals surface area contributed by atoms with Crippen LogP contribution < -0.4 is 0 Å². The predicted octanol–water partition coefficient (Wildman–Crippen LogP) is 1.92. The normalized spacial score (nSPS) is 16.8. The van der Waals surface area contributed by atoms with E-state index in [2.05, 4.69) is 6.07 Å². The number of nitriles is 1. The average Bonchev–Trinajstić information content (AvgIpc) is 2.85. The number of carbonyl (C=O) groups is 1. The third-order valence-corrected chi connectivity index (χ3v) is 2.93. The fourth-order valence-electron chi connectivity index (χ4n) is 2.04. The third kappa shape index (κ3) is 2.06. The van der Waals surface area contributed by atoms with E-state index in [9.17, 15) is 4.79 Å². The molecule has 3 nitrogen and oxygen atoms in total. The first-order valence-electron chi connectivity index (χ1n) is 5.56. The lowest BCUT2D eigenvalue weighted by molar-refractivity contribution is -0.130. The van der Waals surface area contributed by atoms with Gasteiger partial charge >= 0.3 is 0 Å². The first-order chi connectivity index (χ1) is 7.83. The molecule has 1 aliphatic heterocycles. The van der Waals surface area contributed by atoms with Crippen LogP contribution in [0.3, 0.4) is 0 Å². The molecule has 0 aromatic heterocycles. The first-order valence-corrected chi connectivity index (χ1v) is 5.56. The molecule has 0 N–H and O–H groups in total. The second-order valence-corrected chi connectivity index (χ2v) is 4.01. The summed E-state index contributed by atoms with van der Waals surface area (Å²) in [4.78, 5) is 13.9. The molecule has 3 heteroatoms. The molecule has 0 spiro atoms. The molecule has 1 atom stereocenters. The summed E-state index contributed by atoms with van der Waals surface area (Å²) >= 11 is 0. The van der Waals surface area contributed by atoms with Gasteiger partial charge in [-0.15, -0.1) is 0 Å². The van der Waals surface area contributed by atoms with E-state index in [1.165, 1.54) is 0 Å². The molecule has 1 amide bonds. The van der Waals surface area contributed by atoms with Crippen molar-refractivity contribution < 1.29 is 4.79 Å². The van der Waals surface area contributed by atoms with Crippen molar-refractivity contribution in [2.24, 2.45) is 0 Å². The minimum atomic E-state index is -0.640. The topological polar surface area (TPSA) is 44.1 Å². The highest BCUT2D eigenvalue weighted by Crippen LogP contribution is 2.20. The lowest BCUT2D eigenvalue weighted by Gasteiger charge is -2.18. The molecule has 1 saturated heterocycles. The highest BCUT2D eigenvalue weighted by molar-refractivity contribution is 5.86. The number of nitrogens with zero attached hydrogens (tertiary/aromatic N) is 2. The average molecular weight is 214 g/mol. The van der Waals surface area contributed by atoms with Crippen molar-refractivity contribution in [1.82, 2.24) is 4.90 Å². The van der Waals surface area contributed by atoms with E-state index in [0.717, 1.165) is 31.5 Å². The Morgan fingerprint density at radius 1 is 1.25 bits per heavy atom. The standard InChI is InChI=1S/C13H14N2O/c14-10-12(11-6-2-1-3-7-11)13(16)15-8-4-5-9-15/h1-3,6-7,12H,4-5,8-9H2. The summed E-state index contributed by atoms with van der Waals surface area (Å²) < 4.78 is 0. The molecule has 82 valence electrons. The zero-order chi connectivity index (χ0) is 11.4. The van der Waals surface area contributed by atoms with Crippen molar-refractivity contribution in [3.8, 4) is 6.07 Å². The summed E-state index contributed by atoms with van der Waals surface area (Å²) in [6.07, 6.45) is 2.11. The fraction of sp³-hybridized carbons (Fsp3) is 0.385. The minimum Gasteiger partial charge on any atom is -0.341 e. The molecule has 16 heavy (non-hydrogen) atoms. The third-order valence-electron chi connectivity index (χ3n) is 2.93.